The lowest BCUT2D eigenvalue weighted by Crippen LogP contribution is -1.99. The van der Waals surface area contributed by atoms with Crippen LogP contribution in [0.25, 0.3) is 0 Å². The molecular weight excluding hydrogens is 340 g/mol. The molecule has 0 spiro atoms. The molecule has 0 atom stereocenters. The highest BCUT2D eigenvalue weighted by Gasteiger charge is 2.12. The summed E-state index contributed by atoms with van der Waals surface area (Å²) in [6, 6.07) is 12.9. The number of rotatable bonds is 5. The molecule has 0 radical (unpaired) electrons. The van der Waals surface area contributed by atoms with Crippen LogP contribution in [-0.2, 0) is 5.75 Å². The summed E-state index contributed by atoms with van der Waals surface area (Å²) in [4.78, 5) is 11.9. The number of methoxy groups -OCH3 is 1. The molecule has 0 fully saturated rings. The van der Waals surface area contributed by atoms with Crippen LogP contribution in [0.5, 0.6) is 5.75 Å². The lowest BCUT2D eigenvalue weighted by molar-refractivity contribution is 0.0693. The molecule has 104 valence electrons. The van der Waals surface area contributed by atoms with Crippen molar-refractivity contribution in [3.05, 3.63) is 58.1 Å². The fourth-order valence-electron chi connectivity index (χ4n) is 1.77. The number of carbonyl (C=O) groups is 1. The molecule has 3 nitrogen and oxygen atoms in total. The fraction of sp³-hybridized carbons (Fsp3) is 0.133. The van der Waals surface area contributed by atoms with Gasteiger partial charge in [-0.1, -0.05) is 34.1 Å². The number of carboxylic acid groups (broad SMARTS) is 1. The molecule has 0 aliphatic heterocycles. The number of benzene rings is 2. The minimum Gasteiger partial charge on any atom is -0.496 e. The zero-order valence-electron chi connectivity index (χ0n) is 10.8. The number of para-hydroxylation sites is 1. The van der Waals surface area contributed by atoms with Gasteiger partial charge in [-0.3, -0.25) is 0 Å². The molecule has 0 aliphatic rings. The molecule has 2 aromatic rings. The Hall–Kier alpha value is -1.46. The van der Waals surface area contributed by atoms with E-state index in [1.165, 1.54) is 11.8 Å². The predicted octanol–water partition coefficient (Wildman–Crippen LogP) is 4.45. The lowest BCUT2D eigenvalue weighted by Gasteiger charge is -2.09. The first-order valence-electron chi connectivity index (χ1n) is 5.89. The summed E-state index contributed by atoms with van der Waals surface area (Å²) in [7, 11) is 1.63. The van der Waals surface area contributed by atoms with Crippen LogP contribution in [0.3, 0.4) is 0 Å². The first kappa shape index (κ1) is 14.9. The van der Waals surface area contributed by atoms with Crippen molar-refractivity contribution in [2.24, 2.45) is 0 Å². The van der Waals surface area contributed by atoms with Gasteiger partial charge in [0.2, 0.25) is 0 Å². The summed E-state index contributed by atoms with van der Waals surface area (Å²) < 4.78 is 6.16. The first-order chi connectivity index (χ1) is 9.61. The third kappa shape index (κ3) is 3.55. The van der Waals surface area contributed by atoms with Gasteiger partial charge >= 0.3 is 5.97 Å². The molecule has 0 saturated heterocycles. The van der Waals surface area contributed by atoms with E-state index < -0.39 is 5.97 Å². The maximum Gasteiger partial charge on any atom is 0.336 e. The Morgan fingerprint density at radius 2 is 2.05 bits per heavy atom. The van der Waals surface area contributed by atoms with E-state index in [1.807, 2.05) is 30.3 Å². The van der Waals surface area contributed by atoms with Gasteiger partial charge in [0, 0.05) is 20.7 Å². The van der Waals surface area contributed by atoms with Crippen molar-refractivity contribution >= 4 is 33.7 Å². The molecule has 5 heteroatoms. The second-order valence-corrected chi connectivity index (χ2v) is 5.98. The van der Waals surface area contributed by atoms with Crippen molar-refractivity contribution in [3.8, 4) is 5.75 Å². The van der Waals surface area contributed by atoms with E-state index in [2.05, 4.69) is 15.9 Å². The smallest absolute Gasteiger partial charge is 0.336 e. The zero-order valence-corrected chi connectivity index (χ0v) is 13.2. The van der Waals surface area contributed by atoms with E-state index in [0.717, 1.165) is 20.7 Å². The maximum absolute atomic E-state index is 11.2. The Labute approximate surface area is 130 Å². The standard InChI is InChI=1S/C15H13BrO3S/c1-19-13-5-3-2-4-10(13)9-20-14-8-11(16)6-7-12(14)15(17)18/h2-8H,9H2,1H3,(H,17,18). The van der Waals surface area contributed by atoms with Gasteiger partial charge in [-0.05, 0) is 24.3 Å². The molecular formula is C15H13BrO3S. The van der Waals surface area contributed by atoms with Gasteiger partial charge in [0.1, 0.15) is 5.75 Å². The van der Waals surface area contributed by atoms with Crippen LogP contribution in [0.15, 0.2) is 51.8 Å². The SMILES string of the molecule is COc1ccccc1CSc1cc(Br)ccc1C(=O)O. The second kappa shape index (κ2) is 6.81. The molecule has 20 heavy (non-hydrogen) atoms. The third-order valence-corrected chi connectivity index (χ3v) is 4.35. The average Bonchev–Trinajstić information content (AvgIpc) is 2.45. The summed E-state index contributed by atoms with van der Waals surface area (Å²) in [5.41, 5.74) is 1.35. The minimum atomic E-state index is -0.917. The van der Waals surface area contributed by atoms with Crippen molar-refractivity contribution in [2.45, 2.75) is 10.6 Å². The van der Waals surface area contributed by atoms with Gasteiger partial charge in [-0.25, -0.2) is 4.79 Å². The molecule has 0 heterocycles. The van der Waals surface area contributed by atoms with E-state index in [4.69, 9.17) is 4.74 Å². The van der Waals surface area contributed by atoms with Crippen LogP contribution >= 0.6 is 27.7 Å². The molecule has 0 aromatic heterocycles. The van der Waals surface area contributed by atoms with Crippen LogP contribution < -0.4 is 4.74 Å². The number of thioether (sulfide) groups is 1. The van der Waals surface area contributed by atoms with Gasteiger partial charge in [-0.15, -0.1) is 11.8 Å². The van der Waals surface area contributed by atoms with E-state index in [-0.39, 0.29) is 0 Å². The second-order valence-electron chi connectivity index (χ2n) is 4.05. The van der Waals surface area contributed by atoms with Crippen LogP contribution in [0.1, 0.15) is 15.9 Å². The molecule has 0 amide bonds. The number of carboxylic acids is 1. The molecule has 2 rings (SSSR count). The Morgan fingerprint density at radius 3 is 2.75 bits per heavy atom. The highest BCUT2D eigenvalue weighted by molar-refractivity contribution is 9.10. The summed E-state index contributed by atoms with van der Waals surface area (Å²) in [5, 5.41) is 9.20. The molecule has 1 N–H and O–H groups in total. The van der Waals surface area contributed by atoms with Gasteiger partial charge in [0.05, 0.1) is 12.7 Å². The normalized spacial score (nSPS) is 10.3. The van der Waals surface area contributed by atoms with Gasteiger partial charge in [0.15, 0.2) is 0 Å². The van der Waals surface area contributed by atoms with Crippen molar-refractivity contribution in [1.29, 1.82) is 0 Å². The first-order valence-corrected chi connectivity index (χ1v) is 7.67. The van der Waals surface area contributed by atoms with Crippen molar-refractivity contribution in [3.63, 3.8) is 0 Å². The lowest BCUT2D eigenvalue weighted by atomic mass is 10.2. The number of halogens is 1. The Balaban J connectivity index is 2.22. The number of aromatic carboxylic acids is 1. The Morgan fingerprint density at radius 1 is 1.30 bits per heavy atom. The van der Waals surface area contributed by atoms with Gasteiger partial charge < -0.3 is 9.84 Å². The van der Waals surface area contributed by atoms with Crippen LogP contribution in [-0.4, -0.2) is 18.2 Å². The molecule has 0 aliphatic carbocycles. The topological polar surface area (TPSA) is 46.5 Å². The number of hydrogen-bond acceptors (Lipinski definition) is 3. The van der Waals surface area contributed by atoms with E-state index in [0.29, 0.717) is 11.3 Å². The van der Waals surface area contributed by atoms with Crippen LogP contribution in [0, 0.1) is 0 Å². The quantitative estimate of drug-likeness (QED) is 0.807. The van der Waals surface area contributed by atoms with Crippen molar-refractivity contribution < 1.29 is 14.6 Å². The largest absolute Gasteiger partial charge is 0.496 e. The molecule has 2 aromatic carbocycles. The van der Waals surface area contributed by atoms with E-state index >= 15 is 0 Å². The summed E-state index contributed by atoms with van der Waals surface area (Å²) >= 11 is 4.85. The van der Waals surface area contributed by atoms with Crippen molar-refractivity contribution in [1.82, 2.24) is 0 Å². The van der Waals surface area contributed by atoms with Crippen LogP contribution in [0.2, 0.25) is 0 Å². The Kier molecular flexibility index (Phi) is 5.09. The molecule has 0 saturated carbocycles. The Bertz CT molecular complexity index is 628. The highest BCUT2D eigenvalue weighted by Crippen LogP contribution is 2.31. The predicted molar refractivity (Wildman–Crippen MR) is 83.7 cm³/mol. The summed E-state index contributed by atoms with van der Waals surface area (Å²) in [6.45, 7) is 0. The molecule has 0 unspecified atom stereocenters. The minimum absolute atomic E-state index is 0.313. The maximum atomic E-state index is 11.2. The van der Waals surface area contributed by atoms with Crippen molar-refractivity contribution in [2.75, 3.05) is 7.11 Å². The van der Waals surface area contributed by atoms with E-state index in [1.54, 1.807) is 19.2 Å². The number of hydrogen-bond donors (Lipinski definition) is 1. The highest BCUT2D eigenvalue weighted by atomic mass is 79.9. The van der Waals surface area contributed by atoms with Gasteiger partial charge in [-0.2, -0.15) is 0 Å². The van der Waals surface area contributed by atoms with Gasteiger partial charge in [0.25, 0.3) is 0 Å². The fourth-order valence-corrected chi connectivity index (χ4v) is 3.35. The average molecular weight is 353 g/mol. The molecule has 0 bridgehead atoms. The monoisotopic (exact) mass is 352 g/mol. The summed E-state index contributed by atoms with van der Waals surface area (Å²) in [5.74, 6) is 0.549. The van der Waals surface area contributed by atoms with E-state index in [9.17, 15) is 9.90 Å². The number of ether oxygens (including phenoxy) is 1. The third-order valence-electron chi connectivity index (χ3n) is 2.75. The van der Waals surface area contributed by atoms with Crippen LogP contribution in [0.4, 0.5) is 0 Å². The zero-order chi connectivity index (χ0) is 14.5. The summed E-state index contributed by atoms with van der Waals surface area (Å²) in [6.07, 6.45) is 0.